The van der Waals surface area contributed by atoms with Crippen molar-refractivity contribution in [3.63, 3.8) is 0 Å². The smallest absolute Gasteiger partial charge is 0.191 e. The quantitative estimate of drug-likeness (QED) is 0.301. The molecule has 132 valence electrons. The van der Waals surface area contributed by atoms with Crippen LogP contribution >= 0.6 is 35.3 Å². The molecular weight excluding hydrogens is 419 g/mol. The topological polar surface area (TPSA) is 39.7 Å². The Morgan fingerprint density at radius 2 is 2.22 bits per heavy atom. The van der Waals surface area contributed by atoms with Gasteiger partial charge in [-0.1, -0.05) is 6.42 Å². The summed E-state index contributed by atoms with van der Waals surface area (Å²) >= 11 is 1.80. The zero-order valence-corrected chi connectivity index (χ0v) is 17.7. The molecule has 2 rings (SSSR count). The normalized spacial score (nSPS) is 19.3. The minimum absolute atomic E-state index is 0. The van der Waals surface area contributed by atoms with E-state index in [0.29, 0.717) is 0 Å². The molecule has 2 N–H and O–H groups in total. The number of nitrogens with one attached hydrogen (secondary N) is 2. The first kappa shape index (κ1) is 20.7. The molecule has 23 heavy (non-hydrogen) atoms. The second kappa shape index (κ2) is 11.3. The summed E-state index contributed by atoms with van der Waals surface area (Å²) in [7, 11) is 1.84. The first-order valence-corrected chi connectivity index (χ1v) is 9.30. The van der Waals surface area contributed by atoms with Crippen LogP contribution in [-0.2, 0) is 6.54 Å². The lowest BCUT2D eigenvalue weighted by Gasteiger charge is -2.33. The van der Waals surface area contributed by atoms with Gasteiger partial charge in [-0.25, -0.2) is 0 Å². The monoisotopic (exact) mass is 450 g/mol. The molecule has 1 aliphatic rings. The van der Waals surface area contributed by atoms with Crippen LogP contribution in [0.4, 0.5) is 0 Å². The molecule has 0 amide bonds. The van der Waals surface area contributed by atoms with E-state index in [1.54, 1.807) is 11.3 Å². The first-order valence-electron chi connectivity index (χ1n) is 8.42. The van der Waals surface area contributed by atoms with Gasteiger partial charge in [-0.15, -0.1) is 35.3 Å². The van der Waals surface area contributed by atoms with Crippen LogP contribution in [0.2, 0.25) is 0 Å². The molecule has 0 radical (unpaired) electrons. The van der Waals surface area contributed by atoms with E-state index in [-0.39, 0.29) is 24.0 Å². The molecule has 1 unspecified atom stereocenters. The van der Waals surface area contributed by atoms with E-state index < -0.39 is 0 Å². The summed E-state index contributed by atoms with van der Waals surface area (Å²) in [6.07, 6.45) is 5.29. The van der Waals surface area contributed by atoms with Gasteiger partial charge in [0.2, 0.25) is 0 Å². The maximum absolute atomic E-state index is 4.30. The second-order valence-corrected chi connectivity index (χ2v) is 7.11. The summed E-state index contributed by atoms with van der Waals surface area (Å²) in [4.78, 5) is 8.30. The Morgan fingerprint density at radius 3 is 2.87 bits per heavy atom. The molecule has 1 atom stereocenters. The summed E-state index contributed by atoms with van der Waals surface area (Å²) in [6, 6.07) is 2.92. The summed E-state index contributed by atoms with van der Waals surface area (Å²) in [5, 5.41) is 8.96. The summed E-state index contributed by atoms with van der Waals surface area (Å²) < 4.78 is 0. The summed E-state index contributed by atoms with van der Waals surface area (Å²) in [5.41, 5.74) is 1.35. The highest BCUT2D eigenvalue weighted by molar-refractivity contribution is 14.0. The van der Waals surface area contributed by atoms with Crippen molar-refractivity contribution in [1.29, 1.82) is 0 Å². The molecule has 0 aromatic carbocycles. The van der Waals surface area contributed by atoms with Crippen LogP contribution in [0.3, 0.4) is 0 Å². The fraction of sp³-hybridized carbons (Fsp3) is 0.706. The molecule has 0 bridgehead atoms. The third-order valence-corrected chi connectivity index (χ3v) is 5.49. The van der Waals surface area contributed by atoms with Crippen molar-refractivity contribution >= 4 is 41.3 Å². The van der Waals surface area contributed by atoms with Crippen molar-refractivity contribution in [2.75, 3.05) is 26.7 Å². The van der Waals surface area contributed by atoms with Gasteiger partial charge < -0.3 is 15.5 Å². The Bertz CT molecular complexity index is 475. The Hall–Kier alpha value is -0.340. The molecule has 0 aliphatic carbocycles. The van der Waals surface area contributed by atoms with Crippen molar-refractivity contribution < 1.29 is 0 Å². The van der Waals surface area contributed by atoms with Gasteiger partial charge in [0.15, 0.2) is 5.96 Å². The summed E-state index contributed by atoms with van der Waals surface area (Å²) in [5.74, 6) is 0.902. The van der Waals surface area contributed by atoms with Crippen LogP contribution in [0.15, 0.2) is 16.4 Å². The Balaban J connectivity index is 0.00000264. The van der Waals surface area contributed by atoms with Crippen molar-refractivity contribution in [2.24, 2.45) is 4.99 Å². The van der Waals surface area contributed by atoms with E-state index in [9.17, 15) is 0 Å². The van der Waals surface area contributed by atoms with E-state index in [1.165, 1.54) is 49.2 Å². The van der Waals surface area contributed by atoms with Gasteiger partial charge in [0, 0.05) is 31.1 Å². The third kappa shape index (κ3) is 6.97. The van der Waals surface area contributed by atoms with Crippen LogP contribution in [-0.4, -0.2) is 43.6 Å². The second-order valence-electron chi connectivity index (χ2n) is 6.11. The number of halogens is 1. The Morgan fingerprint density at radius 1 is 1.39 bits per heavy atom. The molecule has 1 aromatic rings. The maximum atomic E-state index is 4.30. The van der Waals surface area contributed by atoms with Crippen LogP contribution in [0, 0.1) is 6.92 Å². The number of nitrogens with zero attached hydrogens (tertiary/aromatic N) is 2. The first-order chi connectivity index (χ1) is 10.7. The Labute approximate surface area is 162 Å². The number of hydrogen-bond acceptors (Lipinski definition) is 3. The molecule has 0 saturated carbocycles. The van der Waals surface area contributed by atoms with E-state index in [1.807, 2.05) is 7.05 Å². The number of likely N-dealkylation sites (tertiary alicyclic amines) is 1. The third-order valence-electron chi connectivity index (χ3n) is 4.46. The molecule has 1 aromatic heterocycles. The average Bonchev–Trinajstić information content (AvgIpc) is 2.93. The van der Waals surface area contributed by atoms with Crippen molar-refractivity contribution in [3.8, 4) is 0 Å². The zero-order valence-electron chi connectivity index (χ0n) is 14.6. The van der Waals surface area contributed by atoms with E-state index in [4.69, 9.17) is 0 Å². The lowest BCUT2D eigenvalue weighted by atomic mass is 10.0. The predicted molar refractivity (Wildman–Crippen MR) is 112 cm³/mol. The molecule has 0 spiro atoms. The van der Waals surface area contributed by atoms with Gasteiger partial charge >= 0.3 is 0 Å². The molecular formula is C17H31IN4S. The van der Waals surface area contributed by atoms with Gasteiger partial charge in [0.25, 0.3) is 0 Å². The number of hydrogen-bond donors (Lipinski definition) is 2. The van der Waals surface area contributed by atoms with E-state index in [0.717, 1.165) is 25.1 Å². The van der Waals surface area contributed by atoms with Crippen LogP contribution in [0.5, 0.6) is 0 Å². The van der Waals surface area contributed by atoms with Gasteiger partial charge in [-0.05, 0) is 56.7 Å². The molecule has 1 fully saturated rings. The van der Waals surface area contributed by atoms with Crippen LogP contribution < -0.4 is 10.6 Å². The lowest BCUT2D eigenvalue weighted by molar-refractivity contribution is 0.159. The predicted octanol–water partition coefficient (Wildman–Crippen LogP) is 3.60. The number of aryl methyl sites for hydroxylation is 1. The minimum atomic E-state index is 0. The fourth-order valence-electron chi connectivity index (χ4n) is 2.95. The highest BCUT2D eigenvalue weighted by Gasteiger charge is 2.17. The zero-order chi connectivity index (χ0) is 15.8. The van der Waals surface area contributed by atoms with Gasteiger partial charge in [0.05, 0.1) is 6.54 Å². The van der Waals surface area contributed by atoms with E-state index in [2.05, 4.69) is 45.8 Å². The van der Waals surface area contributed by atoms with Crippen molar-refractivity contribution in [1.82, 2.24) is 15.5 Å². The number of aliphatic imine (C=N–C) groups is 1. The largest absolute Gasteiger partial charge is 0.356 e. The van der Waals surface area contributed by atoms with Gasteiger partial charge in [-0.3, -0.25) is 4.99 Å². The molecule has 4 nitrogen and oxygen atoms in total. The highest BCUT2D eigenvalue weighted by Crippen LogP contribution is 2.16. The average molecular weight is 450 g/mol. The van der Waals surface area contributed by atoms with Crippen LogP contribution in [0.25, 0.3) is 0 Å². The minimum Gasteiger partial charge on any atom is -0.356 e. The van der Waals surface area contributed by atoms with Crippen molar-refractivity contribution in [3.05, 3.63) is 21.9 Å². The van der Waals surface area contributed by atoms with Crippen molar-refractivity contribution in [2.45, 2.75) is 52.1 Å². The number of rotatable bonds is 6. The molecule has 1 saturated heterocycles. The van der Waals surface area contributed by atoms with Crippen LogP contribution in [0.1, 0.15) is 43.0 Å². The van der Waals surface area contributed by atoms with Gasteiger partial charge in [0.1, 0.15) is 0 Å². The van der Waals surface area contributed by atoms with E-state index >= 15 is 0 Å². The molecule has 2 heterocycles. The maximum Gasteiger partial charge on any atom is 0.191 e. The molecule has 6 heteroatoms. The standard InChI is InChI=1S/C17H30N4S.HI/c1-14-8-12-22-16(14)13-20-17(18-3)19-9-6-11-21-10-5-4-7-15(21)2;/h8,12,15H,4-7,9-11,13H2,1-3H3,(H2,18,19,20);1H. The van der Waals surface area contributed by atoms with Gasteiger partial charge in [-0.2, -0.15) is 0 Å². The highest BCUT2D eigenvalue weighted by atomic mass is 127. The fourth-order valence-corrected chi connectivity index (χ4v) is 3.79. The number of guanidine groups is 1. The Kier molecular flexibility index (Phi) is 10.1. The number of piperidine rings is 1. The lowest BCUT2D eigenvalue weighted by Crippen LogP contribution is -2.41. The number of thiophene rings is 1. The SMILES string of the molecule is CN=C(NCCCN1CCCCC1C)NCc1sccc1C.I. The summed E-state index contributed by atoms with van der Waals surface area (Å²) in [6.45, 7) is 8.81. The molecule has 1 aliphatic heterocycles.